The van der Waals surface area contributed by atoms with E-state index in [0.717, 1.165) is 36.1 Å². The van der Waals surface area contributed by atoms with Gasteiger partial charge in [0.2, 0.25) is 0 Å². The maximum absolute atomic E-state index is 12.6. The Kier molecular flexibility index (Phi) is 3.55. The molecule has 0 heterocycles. The molecule has 0 aromatic heterocycles. The number of Topliss-reactive ketones (excluding diaryl/α,β-unsaturated/α-hetero) is 1. The Morgan fingerprint density at radius 3 is 2.70 bits per heavy atom. The third kappa shape index (κ3) is 2.34. The topological polar surface area (TPSA) is 26.3 Å². The first-order chi connectivity index (χ1) is 9.79. The molecule has 0 spiro atoms. The van der Waals surface area contributed by atoms with Crippen LogP contribution in [0.5, 0.6) is 5.75 Å². The van der Waals surface area contributed by atoms with E-state index in [1.54, 1.807) is 7.11 Å². The first kappa shape index (κ1) is 12.9. The highest BCUT2D eigenvalue weighted by atomic mass is 16.5. The van der Waals surface area contributed by atoms with E-state index in [4.69, 9.17) is 4.74 Å². The predicted molar refractivity (Wildman–Crippen MR) is 79.3 cm³/mol. The molecule has 2 nitrogen and oxygen atoms in total. The third-order valence-electron chi connectivity index (χ3n) is 4.07. The molecule has 2 aromatic carbocycles. The first-order valence-electron chi connectivity index (χ1n) is 7.03. The van der Waals surface area contributed by atoms with Crippen LogP contribution in [0.3, 0.4) is 0 Å². The zero-order valence-electron chi connectivity index (χ0n) is 11.6. The molecule has 1 atom stereocenters. The minimum atomic E-state index is 0.0706. The Morgan fingerprint density at radius 2 is 1.85 bits per heavy atom. The van der Waals surface area contributed by atoms with Crippen LogP contribution in [0.4, 0.5) is 0 Å². The van der Waals surface area contributed by atoms with Crippen LogP contribution in [0.1, 0.15) is 27.9 Å². The molecule has 0 N–H and O–H groups in total. The highest BCUT2D eigenvalue weighted by molar-refractivity contribution is 6.00. The predicted octanol–water partition coefficient (Wildman–Crippen LogP) is 3.68. The van der Waals surface area contributed by atoms with Gasteiger partial charge in [-0.25, -0.2) is 0 Å². The summed E-state index contributed by atoms with van der Waals surface area (Å²) in [5.41, 5.74) is 3.21. The van der Waals surface area contributed by atoms with Crippen molar-refractivity contribution in [3.63, 3.8) is 0 Å². The second-order valence-electron chi connectivity index (χ2n) is 5.27. The van der Waals surface area contributed by atoms with Crippen molar-refractivity contribution in [2.24, 2.45) is 5.92 Å². The zero-order chi connectivity index (χ0) is 13.9. The molecular weight excluding hydrogens is 248 g/mol. The molecule has 0 fully saturated rings. The number of ether oxygens (including phenoxy) is 1. The zero-order valence-corrected chi connectivity index (χ0v) is 11.6. The van der Waals surface area contributed by atoms with E-state index in [1.165, 1.54) is 5.56 Å². The molecule has 0 saturated heterocycles. The second kappa shape index (κ2) is 5.49. The van der Waals surface area contributed by atoms with Gasteiger partial charge >= 0.3 is 0 Å². The van der Waals surface area contributed by atoms with Crippen LogP contribution in [0, 0.1) is 5.92 Å². The highest BCUT2D eigenvalue weighted by Crippen LogP contribution is 2.30. The van der Waals surface area contributed by atoms with Crippen molar-refractivity contribution in [1.82, 2.24) is 0 Å². The van der Waals surface area contributed by atoms with Gasteiger partial charge < -0.3 is 4.74 Å². The number of hydrogen-bond donors (Lipinski definition) is 0. The molecule has 2 aromatic rings. The Bertz CT molecular complexity index is 631. The second-order valence-corrected chi connectivity index (χ2v) is 5.27. The van der Waals surface area contributed by atoms with Crippen LogP contribution in [0.15, 0.2) is 48.5 Å². The standard InChI is InChI=1S/C18H18O2/c1-20-17-9-5-3-7-14(17)12-15-11-10-13-6-2-4-8-16(13)18(15)19/h2-9,15H,10-12H2,1H3/t15-/m0/s1. The summed E-state index contributed by atoms with van der Waals surface area (Å²) >= 11 is 0. The maximum Gasteiger partial charge on any atom is 0.166 e. The van der Waals surface area contributed by atoms with Crippen LogP contribution >= 0.6 is 0 Å². The molecule has 0 radical (unpaired) electrons. The normalized spacial score (nSPS) is 17.6. The summed E-state index contributed by atoms with van der Waals surface area (Å²) in [7, 11) is 1.68. The number of benzene rings is 2. The van der Waals surface area contributed by atoms with Crippen LogP contribution in [0.25, 0.3) is 0 Å². The van der Waals surface area contributed by atoms with Gasteiger partial charge in [0.1, 0.15) is 5.75 Å². The van der Waals surface area contributed by atoms with Gasteiger partial charge in [-0.1, -0.05) is 42.5 Å². The van der Waals surface area contributed by atoms with Gasteiger partial charge in [0, 0.05) is 11.5 Å². The molecule has 1 aliphatic carbocycles. The highest BCUT2D eigenvalue weighted by Gasteiger charge is 2.27. The first-order valence-corrected chi connectivity index (χ1v) is 7.03. The van der Waals surface area contributed by atoms with E-state index < -0.39 is 0 Å². The number of fused-ring (bicyclic) bond motifs is 1. The number of ketones is 1. The van der Waals surface area contributed by atoms with E-state index in [2.05, 4.69) is 6.07 Å². The summed E-state index contributed by atoms with van der Waals surface area (Å²) in [5.74, 6) is 1.22. The lowest BCUT2D eigenvalue weighted by Gasteiger charge is -2.23. The number of rotatable bonds is 3. The molecule has 0 unspecified atom stereocenters. The fourth-order valence-corrected chi connectivity index (χ4v) is 2.99. The molecule has 0 saturated carbocycles. The van der Waals surface area contributed by atoms with Crippen LogP contribution in [-0.2, 0) is 12.8 Å². The lowest BCUT2D eigenvalue weighted by molar-refractivity contribution is 0.0901. The third-order valence-corrected chi connectivity index (χ3v) is 4.07. The minimum absolute atomic E-state index is 0.0706. The van der Waals surface area contributed by atoms with Crippen molar-refractivity contribution in [2.45, 2.75) is 19.3 Å². The summed E-state index contributed by atoms with van der Waals surface area (Å²) in [6.45, 7) is 0. The van der Waals surface area contributed by atoms with E-state index in [0.29, 0.717) is 0 Å². The molecule has 20 heavy (non-hydrogen) atoms. The maximum atomic E-state index is 12.6. The number of carbonyl (C=O) groups excluding carboxylic acids is 1. The SMILES string of the molecule is COc1ccccc1C[C@@H]1CCc2ccccc2C1=O. The Hall–Kier alpha value is -2.09. The van der Waals surface area contributed by atoms with Gasteiger partial charge in [-0.3, -0.25) is 4.79 Å². The number of para-hydroxylation sites is 1. The van der Waals surface area contributed by atoms with Crippen molar-refractivity contribution < 1.29 is 9.53 Å². The largest absolute Gasteiger partial charge is 0.496 e. The van der Waals surface area contributed by atoms with E-state index in [-0.39, 0.29) is 11.7 Å². The van der Waals surface area contributed by atoms with Crippen molar-refractivity contribution in [1.29, 1.82) is 0 Å². The Balaban J connectivity index is 1.85. The number of carbonyl (C=O) groups is 1. The molecule has 0 bridgehead atoms. The van der Waals surface area contributed by atoms with Crippen LogP contribution in [0.2, 0.25) is 0 Å². The van der Waals surface area contributed by atoms with Crippen molar-refractivity contribution >= 4 is 5.78 Å². The van der Waals surface area contributed by atoms with Crippen molar-refractivity contribution in [3.8, 4) is 5.75 Å². The average molecular weight is 266 g/mol. The van der Waals surface area contributed by atoms with Crippen molar-refractivity contribution in [3.05, 3.63) is 65.2 Å². The number of aryl methyl sites for hydroxylation is 1. The molecule has 2 heteroatoms. The van der Waals surface area contributed by atoms with Crippen molar-refractivity contribution in [2.75, 3.05) is 7.11 Å². The number of methoxy groups -OCH3 is 1. The summed E-state index contributed by atoms with van der Waals surface area (Å²) in [6.07, 6.45) is 2.67. The van der Waals surface area contributed by atoms with Gasteiger partial charge in [-0.2, -0.15) is 0 Å². The molecular formula is C18H18O2. The van der Waals surface area contributed by atoms with Gasteiger partial charge in [0.25, 0.3) is 0 Å². The summed E-state index contributed by atoms with van der Waals surface area (Å²) in [4.78, 5) is 12.6. The summed E-state index contributed by atoms with van der Waals surface area (Å²) in [5, 5.41) is 0. The Morgan fingerprint density at radius 1 is 1.10 bits per heavy atom. The van der Waals surface area contributed by atoms with Gasteiger partial charge in [0.15, 0.2) is 5.78 Å². The molecule has 0 aliphatic heterocycles. The monoisotopic (exact) mass is 266 g/mol. The quantitative estimate of drug-likeness (QED) is 0.847. The molecule has 0 amide bonds. The Labute approximate surface area is 119 Å². The van der Waals surface area contributed by atoms with E-state index in [9.17, 15) is 4.79 Å². The lowest BCUT2D eigenvalue weighted by Crippen LogP contribution is -2.24. The minimum Gasteiger partial charge on any atom is -0.496 e. The van der Waals surface area contributed by atoms with E-state index in [1.807, 2.05) is 42.5 Å². The van der Waals surface area contributed by atoms with Gasteiger partial charge in [-0.15, -0.1) is 0 Å². The van der Waals surface area contributed by atoms with Gasteiger partial charge in [-0.05, 0) is 36.5 Å². The molecule has 3 rings (SSSR count). The summed E-state index contributed by atoms with van der Waals surface area (Å²) in [6, 6.07) is 15.9. The van der Waals surface area contributed by atoms with Crippen LogP contribution in [-0.4, -0.2) is 12.9 Å². The fraction of sp³-hybridized carbons (Fsp3) is 0.278. The van der Waals surface area contributed by atoms with E-state index >= 15 is 0 Å². The smallest absolute Gasteiger partial charge is 0.166 e. The molecule has 102 valence electrons. The fourth-order valence-electron chi connectivity index (χ4n) is 2.99. The lowest BCUT2D eigenvalue weighted by atomic mass is 9.79. The number of hydrogen-bond acceptors (Lipinski definition) is 2. The van der Waals surface area contributed by atoms with Gasteiger partial charge in [0.05, 0.1) is 7.11 Å². The molecule has 1 aliphatic rings. The van der Waals surface area contributed by atoms with Crippen LogP contribution < -0.4 is 4.74 Å². The average Bonchev–Trinajstić information content (AvgIpc) is 2.51. The summed E-state index contributed by atoms with van der Waals surface area (Å²) < 4.78 is 5.38.